The van der Waals surface area contributed by atoms with E-state index in [1.165, 1.54) is 51.4 Å². The van der Waals surface area contributed by atoms with Gasteiger partial charge in [0, 0.05) is 6.04 Å². The number of nitrogens with two attached hydrogens (primary N) is 1. The molecule has 2 saturated carbocycles. The van der Waals surface area contributed by atoms with Gasteiger partial charge in [0.1, 0.15) is 0 Å². The fourth-order valence-electron chi connectivity index (χ4n) is 3.74. The van der Waals surface area contributed by atoms with E-state index in [2.05, 4.69) is 5.32 Å². The first kappa shape index (κ1) is 13.9. The maximum Gasteiger partial charge on any atom is 0.237 e. The van der Waals surface area contributed by atoms with Gasteiger partial charge in [0.25, 0.3) is 0 Å². The zero-order valence-electron chi connectivity index (χ0n) is 11.7. The van der Waals surface area contributed by atoms with Crippen LogP contribution in [0.3, 0.4) is 0 Å². The second-order valence-electron chi connectivity index (χ2n) is 6.38. The number of carbonyl (C=O) groups is 1. The van der Waals surface area contributed by atoms with Crippen LogP contribution in [0, 0.1) is 5.92 Å². The van der Waals surface area contributed by atoms with Gasteiger partial charge >= 0.3 is 0 Å². The Balaban J connectivity index is 2.02. The van der Waals surface area contributed by atoms with Crippen LogP contribution >= 0.6 is 0 Å². The molecule has 2 aliphatic rings. The van der Waals surface area contributed by atoms with Crippen LogP contribution in [0.25, 0.3) is 0 Å². The van der Waals surface area contributed by atoms with E-state index in [4.69, 9.17) is 5.73 Å². The van der Waals surface area contributed by atoms with Gasteiger partial charge in [0.15, 0.2) is 0 Å². The smallest absolute Gasteiger partial charge is 0.237 e. The summed E-state index contributed by atoms with van der Waals surface area (Å²) < 4.78 is 0. The van der Waals surface area contributed by atoms with Crippen LogP contribution < -0.4 is 11.1 Å². The van der Waals surface area contributed by atoms with Crippen LogP contribution in [0.4, 0.5) is 0 Å². The summed E-state index contributed by atoms with van der Waals surface area (Å²) in [6.07, 6.45) is 12.4. The van der Waals surface area contributed by atoms with Gasteiger partial charge in [0.2, 0.25) is 5.91 Å². The molecule has 18 heavy (non-hydrogen) atoms. The molecule has 0 unspecified atom stereocenters. The summed E-state index contributed by atoms with van der Waals surface area (Å²) in [7, 11) is 0. The van der Waals surface area contributed by atoms with Gasteiger partial charge in [-0.2, -0.15) is 0 Å². The molecule has 0 aromatic rings. The summed E-state index contributed by atoms with van der Waals surface area (Å²) >= 11 is 0. The van der Waals surface area contributed by atoms with E-state index in [9.17, 15) is 4.79 Å². The summed E-state index contributed by atoms with van der Waals surface area (Å²) in [6, 6.07) is 0.498. The molecule has 3 nitrogen and oxygen atoms in total. The molecule has 2 fully saturated rings. The molecule has 2 aliphatic carbocycles. The first-order chi connectivity index (χ1) is 8.63. The number of primary amides is 1. The number of carbonyl (C=O) groups excluding carboxylic acids is 1. The predicted octanol–water partition coefficient (Wildman–Crippen LogP) is 2.73. The van der Waals surface area contributed by atoms with E-state index < -0.39 is 5.54 Å². The van der Waals surface area contributed by atoms with E-state index in [1.807, 2.05) is 6.92 Å². The molecule has 0 bridgehead atoms. The van der Waals surface area contributed by atoms with E-state index >= 15 is 0 Å². The van der Waals surface area contributed by atoms with E-state index in [0.717, 1.165) is 12.8 Å². The number of rotatable bonds is 4. The minimum Gasteiger partial charge on any atom is -0.368 e. The fourth-order valence-corrected chi connectivity index (χ4v) is 3.74. The van der Waals surface area contributed by atoms with Crippen LogP contribution in [0.2, 0.25) is 0 Å². The standard InChI is InChI=1S/C15H28N2O/c1-15(14(16)18,12-8-4-2-5-9-12)17-13-10-6-3-7-11-13/h12-13,17H,2-11H2,1H3,(H2,16,18)/t15-/m1/s1. The molecule has 1 amide bonds. The summed E-state index contributed by atoms with van der Waals surface area (Å²) in [6.45, 7) is 2.04. The number of nitrogens with one attached hydrogen (secondary N) is 1. The Hall–Kier alpha value is -0.570. The van der Waals surface area contributed by atoms with Crippen LogP contribution in [0.1, 0.15) is 71.1 Å². The average Bonchev–Trinajstić information content (AvgIpc) is 2.40. The topological polar surface area (TPSA) is 55.1 Å². The monoisotopic (exact) mass is 252 g/mol. The highest BCUT2D eigenvalue weighted by Gasteiger charge is 2.41. The highest BCUT2D eigenvalue weighted by atomic mass is 16.1. The van der Waals surface area contributed by atoms with Crippen molar-refractivity contribution in [2.75, 3.05) is 0 Å². The zero-order valence-corrected chi connectivity index (χ0v) is 11.7. The molecule has 2 rings (SSSR count). The van der Waals surface area contributed by atoms with Crippen LogP contribution in [0.5, 0.6) is 0 Å². The van der Waals surface area contributed by atoms with Gasteiger partial charge in [0.05, 0.1) is 5.54 Å². The summed E-state index contributed by atoms with van der Waals surface area (Å²) in [5, 5.41) is 3.63. The van der Waals surface area contributed by atoms with E-state index in [-0.39, 0.29) is 5.91 Å². The third-order valence-electron chi connectivity index (χ3n) is 5.04. The minimum absolute atomic E-state index is 0.153. The summed E-state index contributed by atoms with van der Waals surface area (Å²) in [5.41, 5.74) is 5.23. The van der Waals surface area contributed by atoms with Crippen LogP contribution in [-0.2, 0) is 4.79 Å². The predicted molar refractivity (Wildman–Crippen MR) is 74.2 cm³/mol. The molecule has 104 valence electrons. The Morgan fingerprint density at radius 1 is 1.00 bits per heavy atom. The van der Waals surface area contributed by atoms with Crippen molar-refractivity contribution in [2.24, 2.45) is 11.7 Å². The molecular formula is C15H28N2O. The third kappa shape index (κ3) is 3.05. The Bertz CT molecular complexity index is 280. The van der Waals surface area contributed by atoms with Gasteiger partial charge in [-0.15, -0.1) is 0 Å². The van der Waals surface area contributed by atoms with Gasteiger partial charge in [-0.1, -0.05) is 38.5 Å². The maximum absolute atomic E-state index is 12.0. The number of amides is 1. The second kappa shape index (κ2) is 6.05. The lowest BCUT2D eigenvalue weighted by molar-refractivity contribution is -0.127. The average molecular weight is 252 g/mol. The Morgan fingerprint density at radius 3 is 2.00 bits per heavy atom. The van der Waals surface area contributed by atoms with E-state index in [1.54, 1.807) is 0 Å². The van der Waals surface area contributed by atoms with Crippen molar-refractivity contribution in [1.82, 2.24) is 5.32 Å². The largest absolute Gasteiger partial charge is 0.368 e. The molecular weight excluding hydrogens is 224 g/mol. The number of hydrogen-bond acceptors (Lipinski definition) is 2. The first-order valence-corrected chi connectivity index (χ1v) is 7.70. The number of hydrogen-bond donors (Lipinski definition) is 2. The molecule has 1 atom stereocenters. The fraction of sp³-hybridized carbons (Fsp3) is 0.933. The second-order valence-corrected chi connectivity index (χ2v) is 6.38. The third-order valence-corrected chi connectivity index (χ3v) is 5.04. The lowest BCUT2D eigenvalue weighted by atomic mass is 9.74. The Morgan fingerprint density at radius 2 is 1.50 bits per heavy atom. The molecule has 0 saturated heterocycles. The highest BCUT2D eigenvalue weighted by molar-refractivity contribution is 5.84. The molecule has 0 aliphatic heterocycles. The normalized spacial score (nSPS) is 26.7. The molecule has 3 N–H and O–H groups in total. The van der Waals surface area contributed by atoms with Gasteiger partial charge < -0.3 is 11.1 Å². The molecule has 0 aromatic carbocycles. The molecule has 3 heteroatoms. The van der Waals surface area contributed by atoms with E-state index in [0.29, 0.717) is 12.0 Å². The lowest BCUT2D eigenvalue weighted by Gasteiger charge is -2.41. The lowest BCUT2D eigenvalue weighted by Crippen LogP contribution is -2.61. The Labute approximate surface area is 111 Å². The van der Waals surface area contributed by atoms with Crippen molar-refractivity contribution in [2.45, 2.75) is 82.7 Å². The summed E-state index contributed by atoms with van der Waals surface area (Å²) in [4.78, 5) is 12.0. The molecule has 0 spiro atoms. The van der Waals surface area contributed by atoms with Crippen molar-refractivity contribution in [3.05, 3.63) is 0 Å². The van der Waals surface area contributed by atoms with Gasteiger partial charge in [-0.3, -0.25) is 4.79 Å². The van der Waals surface area contributed by atoms with Crippen molar-refractivity contribution in [3.63, 3.8) is 0 Å². The summed E-state index contributed by atoms with van der Waals surface area (Å²) in [5.74, 6) is 0.283. The van der Waals surface area contributed by atoms with Crippen LogP contribution in [0.15, 0.2) is 0 Å². The zero-order chi connectivity index (χ0) is 13.0. The first-order valence-electron chi connectivity index (χ1n) is 7.70. The maximum atomic E-state index is 12.0. The molecule has 0 heterocycles. The van der Waals surface area contributed by atoms with Crippen LogP contribution in [-0.4, -0.2) is 17.5 Å². The van der Waals surface area contributed by atoms with Crippen molar-refractivity contribution >= 4 is 5.91 Å². The van der Waals surface area contributed by atoms with Gasteiger partial charge in [-0.25, -0.2) is 0 Å². The minimum atomic E-state index is -0.484. The van der Waals surface area contributed by atoms with Crippen molar-refractivity contribution in [1.29, 1.82) is 0 Å². The highest BCUT2D eigenvalue weighted by Crippen LogP contribution is 2.34. The van der Waals surface area contributed by atoms with Crippen molar-refractivity contribution in [3.8, 4) is 0 Å². The van der Waals surface area contributed by atoms with Gasteiger partial charge in [-0.05, 0) is 38.5 Å². The SMILES string of the molecule is C[C@](NC1CCCCC1)(C(N)=O)C1CCCCC1. The quantitative estimate of drug-likeness (QED) is 0.808. The Kier molecular flexibility index (Phi) is 4.66. The molecule has 0 radical (unpaired) electrons. The molecule has 0 aromatic heterocycles. The van der Waals surface area contributed by atoms with Crippen molar-refractivity contribution < 1.29 is 4.79 Å².